The summed E-state index contributed by atoms with van der Waals surface area (Å²) < 4.78 is 0. The highest BCUT2D eigenvalue weighted by Crippen LogP contribution is 2.28. The van der Waals surface area contributed by atoms with E-state index in [9.17, 15) is 0 Å². The van der Waals surface area contributed by atoms with Gasteiger partial charge in [0.25, 0.3) is 0 Å². The maximum absolute atomic E-state index is 4.71. The maximum Gasteiger partial charge on any atom is 0.227 e. The number of hydrogen-bond acceptors (Lipinski definition) is 2. The first kappa shape index (κ1) is 7.03. The zero-order valence-electron chi connectivity index (χ0n) is 6.09. The Morgan fingerprint density at radius 3 is 2.33 bits per heavy atom. The third kappa shape index (κ3) is 1.95. The fourth-order valence-electron chi connectivity index (χ4n) is 1.09. The molecule has 0 bridgehead atoms. The largest absolute Gasteiger partial charge is 0.227 e. The van der Waals surface area contributed by atoms with Gasteiger partial charge in [0.05, 0.1) is 0 Å². The molecule has 1 unspecified atom stereocenters. The molecule has 1 aliphatic heterocycles. The van der Waals surface area contributed by atoms with Gasteiger partial charge in [0.1, 0.15) is 0 Å². The average Bonchev–Trinajstić information content (AvgIpc) is 2.64. The van der Waals surface area contributed by atoms with Crippen molar-refractivity contribution in [1.29, 1.82) is 0 Å². The van der Waals surface area contributed by atoms with Crippen molar-refractivity contribution in [2.45, 2.75) is 39.4 Å². The predicted octanol–water partition coefficient (Wildman–Crippen LogP) is 2.10. The summed E-state index contributed by atoms with van der Waals surface area (Å²) in [6.45, 7) is 4.36. The van der Waals surface area contributed by atoms with Crippen molar-refractivity contribution in [3.63, 3.8) is 0 Å². The standard InChI is InChI=1S/C7H14O2/c1-3-5-6(4-2)7-8-9-7/h6-7H,3-5H2,1-2H3. The summed E-state index contributed by atoms with van der Waals surface area (Å²) in [5.41, 5.74) is 0. The first-order valence-corrected chi connectivity index (χ1v) is 3.70. The molecule has 2 heteroatoms. The summed E-state index contributed by atoms with van der Waals surface area (Å²) in [7, 11) is 0. The summed E-state index contributed by atoms with van der Waals surface area (Å²) >= 11 is 0. The molecule has 1 saturated heterocycles. The monoisotopic (exact) mass is 130 g/mol. The lowest BCUT2D eigenvalue weighted by Crippen LogP contribution is -2.05. The van der Waals surface area contributed by atoms with Gasteiger partial charge >= 0.3 is 0 Å². The highest BCUT2D eigenvalue weighted by molar-refractivity contribution is 4.62. The Morgan fingerprint density at radius 2 is 2.00 bits per heavy atom. The van der Waals surface area contributed by atoms with E-state index in [-0.39, 0.29) is 6.29 Å². The molecule has 54 valence electrons. The minimum Gasteiger partial charge on any atom is -0.198 e. The Morgan fingerprint density at radius 1 is 1.33 bits per heavy atom. The summed E-state index contributed by atoms with van der Waals surface area (Å²) in [5, 5.41) is 0. The van der Waals surface area contributed by atoms with E-state index in [4.69, 9.17) is 9.78 Å². The quantitative estimate of drug-likeness (QED) is 0.430. The number of hydrogen-bond donors (Lipinski definition) is 0. The summed E-state index contributed by atoms with van der Waals surface area (Å²) in [5.74, 6) is 0.634. The van der Waals surface area contributed by atoms with Gasteiger partial charge in [-0.2, -0.15) is 9.78 Å². The molecule has 0 aromatic rings. The molecule has 0 radical (unpaired) electrons. The second kappa shape index (κ2) is 3.18. The third-order valence-electron chi connectivity index (χ3n) is 1.78. The topological polar surface area (TPSA) is 25.1 Å². The SMILES string of the molecule is CCCC(CC)C1OO1. The molecule has 2 nitrogen and oxygen atoms in total. The minimum absolute atomic E-state index is 0.134. The van der Waals surface area contributed by atoms with Crippen LogP contribution in [0.25, 0.3) is 0 Å². The normalized spacial score (nSPS) is 22.0. The van der Waals surface area contributed by atoms with Crippen molar-refractivity contribution in [1.82, 2.24) is 0 Å². The first-order chi connectivity index (χ1) is 4.38. The second-order valence-electron chi connectivity index (χ2n) is 2.52. The Balaban J connectivity index is 2.12. The molecule has 0 amide bonds. The molecular formula is C7H14O2. The van der Waals surface area contributed by atoms with Gasteiger partial charge in [-0.3, -0.25) is 0 Å². The zero-order chi connectivity index (χ0) is 6.69. The van der Waals surface area contributed by atoms with Crippen LogP contribution in [0.15, 0.2) is 0 Å². The highest BCUT2D eigenvalue weighted by atomic mass is 17.4. The van der Waals surface area contributed by atoms with E-state index in [0.29, 0.717) is 5.92 Å². The number of rotatable bonds is 4. The van der Waals surface area contributed by atoms with Gasteiger partial charge in [-0.25, -0.2) is 0 Å². The van der Waals surface area contributed by atoms with Gasteiger partial charge in [-0.05, 0) is 12.8 Å². The summed E-state index contributed by atoms with van der Waals surface area (Å²) in [6.07, 6.45) is 3.75. The van der Waals surface area contributed by atoms with Crippen LogP contribution in [0.2, 0.25) is 0 Å². The second-order valence-corrected chi connectivity index (χ2v) is 2.52. The molecule has 0 aliphatic carbocycles. The smallest absolute Gasteiger partial charge is 0.198 e. The van der Waals surface area contributed by atoms with Crippen molar-refractivity contribution >= 4 is 0 Å². The average molecular weight is 130 g/mol. The molecule has 0 aromatic heterocycles. The zero-order valence-corrected chi connectivity index (χ0v) is 6.09. The molecule has 1 rings (SSSR count). The van der Waals surface area contributed by atoms with Gasteiger partial charge in [-0.1, -0.05) is 20.3 Å². The van der Waals surface area contributed by atoms with Crippen molar-refractivity contribution in [2.24, 2.45) is 5.92 Å². The fraction of sp³-hybridized carbons (Fsp3) is 1.00. The molecule has 1 atom stereocenters. The molecule has 1 fully saturated rings. The van der Waals surface area contributed by atoms with Crippen molar-refractivity contribution in [3.8, 4) is 0 Å². The minimum atomic E-state index is 0.134. The molecule has 0 spiro atoms. The van der Waals surface area contributed by atoms with E-state index < -0.39 is 0 Å². The highest BCUT2D eigenvalue weighted by Gasteiger charge is 2.33. The van der Waals surface area contributed by atoms with E-state index in [1.165, 1.54) is 19.3 Å². The Kier molecular flexibility index (Phi) is 2.49. The van der Waals surface area contributed by atoms with Crippen LogP contribution in [0.5, 0.6) is 0 Å². The fourth-order valence-corrected chi connectivity index (χ4v) is 1.09. The molecule has 0 aromatic carbocycles. The molecule has 1 aliphatic rings. The van der Waals surface area contributed by atoms with E-state index in [1.54, 1.807) is 0 Å². The predicted molar refractivity (Wildman–Crippen MR) is 34.6 cm³/mol. The molecule has 0 saturated carbocycles. The third-order valence-corrected chi connectivity index (χ3v) is 1.78. The van der Waals surface area contributed by atoms with Crippen molar-refractivity contribution in [2.75, 3.05) is 0 Å². The van der Waals surface area contributed by atoms with E-state index in [2.05, 4.69) is 13.8 Å². The Hall–Kier alpha value is -0.0800. The van der Waals surface area contributed by atoms with Gasteiger partial charge in [0.2, 0.25) is 6.29 Å². The van der Waals surface area contributed by atoms with Crippen LogP contribution in [-0.4, -0.2) is 6.29 Å². The van der Waals surface area contributed by atoms with Crippen LogP contribution in [-0.2, 0) is 9.78 Å². The lowest BCUT2D eigenvalue weighted by molar-refractivity contribution is 0.0850. The van der Waals surface area contributed by atoms with Crippen LogP contribution in [0, 0.1) is 5.92 Å². The van der Waals surface area contributed by atoms with E-state index >= 15 is 0 Å². The summed E-state index contributed by atoms with van der Waals surface area (Å²) in [6, 6.07) is 0. The van der Waals surface area contributed by atoms with Gasteiger partial charge in [-0.15, -0.1) is 0 Å². The molecule has 0 N–H and O–H groups in total. The van der Waals surface area contributed by atoms with Gasteiger partial charge < -0.3 is 0 Å². The maximum atomic E-state index is 4.71. The Bertz CT molecular complexity index is 79.0. The van der Waals surface area contributed by atoms with Gasteiger partial charge in [0, 0.05) is 5.92 Å². The van der Waals surface area contributed by atoms with Crippen LogP contribution >= 0.6 is 0 Å². The van der Waals surface area contributed by atoms with Crippen LogP contribution < -0.4 is 0 Å². The lowest BCUT2D eigenvalue weighted by atomic mass is 10.0. The van der Waals surface area contributed by atoms with Crippen LogP contribution in [0.4, 0.5) is 0 Å². The lowest BCUT2D eigenvalue weighted by Gasteiger charge is -2.04. The van der Waals surface area contributed by atoms with Crippen molar-refractivity contribution in [3.05, 3.63) is 0 Å². The van der Waals surface area contributed by atoms with Crippen LogP contribution in [0.1, 0.15) is 33.1 Å². The molecular weight excluding hydrogens is 116 g/mol. The van der Waals surface area contributed by atoms with Gasteiger partial charge in [0.15, 0.2) is 0 Å². The Labute approximate surface area is 56.1 Å². The summed E-state index contributed by atoms with van der Waals surface area (Å²) in [4.78, 5) is 9.43. The molecule has 1 heterocycles. The van der Waals surface area contributed by atoms with E-state index in [0.717, 1.165) is 0 Å². The van der Waals surface area contributed by atoms with Crippen LogP contribution in [0.3, 0.4) is 0 Å². The van der Waals surface area contributed by atoms with Crippen molar-refractivity contribution < 1.29 is 9.78 Å². The molecule has 9 heavy (non-hydrogen) atoms. The van der Waals surface area contributed by atoms with E-state index in [1.807, 2.05) is 0 Å². The first-order valence-electron chi connectivity index (χ1n) is 3.70.